The fourth-order valence-corrected chi connectivity index (χ4v) is 1.63. The van der Waals surface area contributed by atoms with Crippen LogP contribution in [0, 0.1) is 12.7 Å². The summed E-state index contributed by atoms with van der Waals surface area (Å²) in [5, 5.41) is 0.207. The van der Waals surface area contributed by atoms with Crippen LogP contribution >= 0.6 is 11.6 Å². The maximum atomic E-state index is 13.7. The molecule has 0 amide bonds. The van der Waals surface area contributed by atoms with Gasteiger partial charge in [-0.3, -0.25) is 4.79 Å². The largest absolute Gasteiger partial charge is 0.294 e. The summed E-state index contributed by atoms with van der Waals surface area (Å²) in [5.41, 5.74) is 1.28. The van der Waals surface area contributed by atoms with Crippen molar-refractivity contribution in [2.75, 3.05) is 0 Å². The zero-order chi connectivity index (χ0) is 12.4. The standard InChI is InChI=1S/C12H8ClFN2O/c1-7-2-3-8(10(14)4-7)12-9(13)5-15-11(6-17)16-12/h2-6H,1H3. The number of nitrogens with zero attached hydrogens (tertiary/aromatic N) is 2. The molecule has 1 aromatic heterocycles. The van der Waals surface area contributed by atoms with E-state index in [0.717, 1.165) is 5.56 Å². The maximum absolute atomic E-state index is 13.7. The third kappa shape index (κ3) is 2.31. The van der Waals surface area contributed by atoms with Gasteiger partial charge in [-0.2, -0.15) is 0 Å². The van der Waals surface area contributed by atoms with E-state index in [-0.39, 0.29) is 22.1 Å². The quantitative estimate of drug-likeness (QED) is 0.770. The van der Waals surface area contributed by atoms with Crippen LogP contribution in [-0.4, -0.2) is 16.3 Å². The minimum absolute atomic E-state index is 0.0237. The van der Waals surface area contributed by atoms with Crippen molar-refractivity contribution in [2.45, 2.75) is 6.92 Å². The Morgan fingerprint density at radius 3 is 2.82 bits per heavy atom. The Kier molecular flexibility index (Phi) is 3.15. The summed E-state index contributed by atoms with van der Waals surface area (Å²) >= 11 is 5.89. The van der Waals surface area contributed by atoms with Gasteiger partial charge in [0.25, 0.3) is 0 Å². The van der Waals surface area contributed by atoms with E-state index in [1.54, 1.807) is 19.1 Å². The number of aromatic nitrogens is 2. The van der Waals surface area contributed by atoms with E-state index in [1.807, 2.05) is 0 Å². The normalized spacial score (nSPS) is 10.3. The van der Waals surface area contributed by atoms with Gasteiger partial charge in [-0.1, -0.05) is 17.7 Å². The molecule has 0 bridgehead atoms. The zero-order valence-electron chi connectivity index (χ0n) is 8.95. The number of carbonyl (C=O) groups excluding carboxylic acids is 1. The molecule has 0 atom stereocenters. The number of hydrogen-bond acceptors (Lipinski definition) is 3. The fraction of sp³-hybridized carbons (Fsp3) is 0.0833. The number of halogens is 2. The molecular formula is C12H8ClFN2O. The predicted octanol–water partition coefficient (Wildman–Crippen LogP) is 3.06. The lowest BCUT2D eigenvalue weighted by atomic mass is 10.1. The van der Waals surface area contributed by atoms with Crippen molar-refractivity contribution in [3.63, 3.8) is 0 Å². The molecule has 2 rings (SSSR count). The molecule has 86 valence electrons. The predicted molar refractivity (Wildman–Crippen MR) is 62.6 cm³/mol. The summed E-state index contributed by atoms with van der Waals surface area (Å²) in [5.74, 6) is -0.452. The molecular weight excluding hydrogens is 243 g/mol. The molecule has 5 heteroatoms. The van der Waals surface area contributed by atoms with Gasteiger partial charge in [0, 0.05) is 5.56 Å². The average Bonchev–Trinajstić information content (AvgIpc) is 2.30. The Morgan fingerprint density at radius 1 is 1.41 bits per heavy atom. The summed E-state index contributed by atoms with van der Waals surface area (Å²) in [6.07, 6.45) is 1.78. The van der Waals surface area contributed by atoms with Crippen LogP contribution < -0.4 is 0 Å². The highest BCUT2D eigenvalue weighted by Crippen LogP contribution is 2.27. The number of aldehydes is 1. The summed E-state index contributed by atoms with van der Waals surface area (Å²) in [6.45, 7) is 1.78. The molecule has 0 aliphatic carbocycles. The Morgan fingerprint density at radius 2 is 2.18 bits per heavy atom. The molecule has 0 aliphatic rings. The third-order valence-corrected chi connectivity index (χ3v) is 2.52. The second-order valence-corrected chi connectivity index (χ2v) is 3.93. The zero-order valence-corrected chi connectivity index (χ0v) is 9.70. The van der Waals surface area contributed by atoms with E-state index in [9.17, 15) is 9.18 Å². The van der Waals surface area contributed by atoms with Crippen LogP contribution in [0.1, 0.15) is 16.2 Å². The lowest BCUT2D eigenvalue weighted by Gasteiger charge is -2.05. The smallest absolute Gasteiger partial charge is 0.193 e. The van der Waals surface area contributed by atoms with Gasteiger partial charge in [-0.05, 0) is 24.6 Å². The molecule has 1 heterocycles. The number of carbonyl (C=O) groups is 1. The van der Waals surface area contributed by atoms with Crippen LogP contribution in [0.25, 0.3) is 11.3 Å². The van der Waals surface area contributed by atoms with Crippen molar-refractivity contribution in [3.8, 4) is 11.3 Å². The summed E-state index contributed by atoms with van der Waals surface area (Å²) < 4.78 is 13.7. The first-order valence-electron chi connectivity index (χ1n) is 4.86. The average molecular weight is 251 g/mol. The second-order valence-electron chi connectivity index (χ2n) is 3.53. The lowest BCUT2D eigenvalue weighted by molar-refractivity contribution is 0.111. The van der Waals surface area contributed by atoms with Gasteiger partial charge < -0.3 is 0 Å². The van der Waals surface area contributed by atoms with Gasteiger partial charge in [-0.15, -0.1) is 0 Å². The number of rotatable bonds is 2. The van der Waals surface area contributed by atoms with Crippen molar-refractivity contribution in [3.05, 3.63) is 46.6 Å². The minimum atomic E-state index is -0.428. The van der Waals surface area contributed by atoms with E-state index in [2.05, 4.69) is 9.97 Å². The van der Waals surface area contributed by atoms with Crippen molar-refractivity contribution < 1.29 is 9.18 Å². The molecule has 0 saturated carbocycles. The Labute approximate surface area is 102 Å². The van der Waals surface area contributed by atoms with Gasteiger partial charge >= 0.3 is 0 Å². The molecule has 0 spiro atoms. The van der Waals surface area contributed by atoms with Crippen LogP contribution in [0.4, 0.5) is 4.39 Å². The molecule has 17 heavy (non-hydrogen) atoms. The molecule has 0 fully saturated rings. The SMILES string of the molecule is Cc1ccc(-c2nc(C=O)ncc2Cl)c(F)c1. The van der Waals surface area contributed by atoms with Crippen LogP contribution in [0.2, 0.25) is 5.02 Å². The van der Waals surface area contributed by atoms with Crippen LogP contribution in [-0.2, 0) is 0 Å². The van der Waals surface area contributed by atoms with Crippen LogP contribution in [0.3, 0.4) is 0 Å². The second kappa shape index (κ2) is 4.59. The van der Waals surface area contributed by atoms with Crippen molar-refractivity contribution >= 4 is 17.9 Å². The van der Waals surface area contributed by atoms with Crippen molar-refractivity contribution in [2.24, 2.45) is 0 Å². The maximum Gasteiger partial charge on any atom is 0.193 e. The molecule has 0 radical (unpaired) electrons. The van der Waals surface area contributed by atoms with Crippen LogP contribution in [0.5, 0.6) is 0 Å². The van der Waals surface area contributed by atoms with Gasteiger partial charge in [0.15, 0.2) is 12.1 Å². The first kappa shape index (κ1) is 11.7. The molecule has 3 nitrogen and oxygen atoms in total. The molecule has 1 aromatic carbocycles. The van der Waals surface area contributed by atoms with E-state index in [0.29, 0.717) is 6.29 Å². The van der Waals surface area contributed by atoms with E-state index >= 15 is 0 Å². The van der Waals surface area contributed by atoms with E-state index < -0.39 is 5.82 Å². The first-order chi connectivity index (χ1) is 8.11. The topological polar surface area (TPSA) is 42.9 Å². The number of benzene rings is 1. The summed E-state index contributed by atoms with van der Waals surface area (Å²) in [6, 6.07) is 4.71. The van der Waals surface area contributed by atoms with E-state index in [1.165, 1.54) is 12.3 Å². The number of aryl methyl sites for hydroxylation is 1. The molecule has 2 aromatic rings. The minimum Gasteiger partial charge on any atom is -0.294 e. The molecule has 0 aliphatic heterocycles. The van der Waals surface area contributed by atoms with E-state index in [4.69, 9.17) is 11.6 Å². The highest BCUT2D eigenvalue weighted by atomic mass is 35.5. The first-order valence-corrected chi connectivity index (χ1v) is 5.24. The Balaban J connectivity index is 2.63. The summed E-state index contributed by atoms with van der Waals surface area (Å²) in [7, 11) is 0. The molecule has 0 N–H and O–H groups in total. The number of hydrogen-bond donors (Lipinski definition) is 0. The van der Waals surface area contributed by atoms with Gasteiger partial charge in [0.2, 0.25) is 0 Å². The highest BCUT2D eigenvalue weighted by Gasteiger charge is 2.12. The fourth-order valence-electron chi connectivity index (χ4n) is 1.44. The van der Waals surface area contributed by atoms with Crippen LogP contribution in [0.15, 0.2) is 24.4 Å². The molecule has 0 unspecified atom stereocenters. The Bertz CT molecular complexity index is 587. The van der Waals surface area contributed by atoms with Gasteiger partial charge in [0.05, 0.1) is 16.9 Å². The van der Waals surface area contributed by atoms with Gasteiger partial charge in [-0.25, -0.2) is 14.4 Å². The van der Waals surface area contributed by atoms with Gasteiger partial charge in [0.1, 0.15) is 5.82 Å². The van der Waals surface area contributed by atoms with Crippen molar-refractivity contribution in [1.82, 2.24) is 9.97 Å². The summed E-state index contributed by atoms with van der Waals surface area (Å²) in [4.78, 5) is 18.2. The third-order valence-electron chi connectivity index (χ3n) is 2.25. The molecule has 0 saturated heterocycles. The lowest BCUT2D eigenvalue weighted by Crippen LogP contribution is -1.97. The Hall–Kier alpha value is -1.81. The highest BCUT2D eigenvalue weighted by molar-refractivity contribution is 6.32. The van der Waals surface area contributed by atoms with Crippen molar-refractivity contribution in [1.29, 1.82) is 0 Å². The monoisotopic (exact) mass is 250 g/mol.